The molecule has 0 saturated carbocycles. The third kappa shape index (κ3) is 2.02. The molecule has 0 radical (unpaired) electrons. The van der Waals surface area contributed by atoms with Crippen molar-refractivity contribution in [1.82, 2.24) is 19.7 Å². The van der Waals surface area contributed by atoms with E-state index in [9.17, 15) is 0 Å². The Morgan fingerprint density at radius 3 is 2.64 bits per heavy atom. The van der Waals surface area contributed by atoms with Crippen LogP contribution in [0, 0.1) is 12.3 Å². The van der Waals surface area contributed by atoms with Crippen molar-refractivity contribution in [2.24, 2.45) is 5.41 Å². The van der Waals surface area contributed by atoms with E-state index < -0.39 is 0 Å². The summed E-state index contributed by atoms with van der Waals surface area (Å²) in [7, 11) is 0. The highest BCUT2D eigenvalue weighted by Crippen LogP contribution is 2.45. The Morgan fingerprint density at radius 2 is 2.05 bits per heavy atom. The van der Waals surface area contributed by atoms with Crippen LogP contribution in [0.25, 0.3) is 11.5 Å². The second-order valence-electron chi connectivity index (χ2n) is 6.23. The second-order valence-corrected chi connectivity index (χ2v) is 6.23. The lowest BCUT2D eigenvalue weighted by Crippen LogP contribution is -2.43. The summed E-state index contributed by atoms with van der Waals surface area (Å²) in [6.07, 6.45) is 8.94. The quantitative estimate of drug-likeness (QED) is 0.918. The van der Waals surface area contributed by atoms with Gasteiger partial charge in [-0.15, -0.1) is 0 Å². The Bertz CT molecular complexity index is 730. The van der Waals surface area contributed by atoms with Gasteiger partial charge in [0.1, 0.15) is 5.82 Å². The Labute approximate surface area is 129 Å². The molecular formula is C16H19N5O. The Balaban J connectivity index is 1.70. The molecule has 2 N–H and O–H groups in total. The first kappa shape index (κ1) is 13.5. The first-order valence-corrected chi connectivity index (χ1v) is 7.58. The zero-order valence-corrected chi connectivity index (χ0v) is 12.6. The van der Waals surface area contributed by atoms with Crippen LogP contribution in [0.3, 0.4) is 0 Å². The fourth-order valence-electron chi connectivity index (χ4n) is 3.32. The summed E-state index contributed by atoms with van der Waals surface area (Å²) in [5.74, 6) is 1.13. The van der Waals surface area contributed by atoms with E-state index >= 15 is 0 Å². The van der Waals surface area contributed by atoms with Crippen LogP contribution in [-0.2, 0) is 4.74 Å². The Morgan fingerprint density at radius 1 is 1.27 bits per heavy atom. The highest BCUT2D eigenvalue weighted by molar-refractivity contribution is 5.76. The molecule has 22 heavy (non-hydrogen) atoms. The molecule has 1 fully saturated rings. The number of allylic oxidation sites excluding steroid dienone is 2. The molecule has 0 aromatic carbocycles. The van der Waals surface area contributed by atoms with Gasteiger partial charge in [-0.3, -0.25) is 0 Å². The third-order valence-electron chi connectivity index (χ3n) is 4.68. The van der Waals surface area contributed by atoms with Crippen LogP contribution in [0.1, 0.15) is 30.5 Å². The summed E-state index contributed by atoms with van der Waals surface area (Å²) in [5.41, 5.74) is 9.97. The molecule has 2 aromatic rings. The van der Waals surface area contributed by atoms with Gasteiger partial charge in [-0.2, -0.15) is 9.78 Å². The summed E-state index contributed by atoms with van der Waals surface area (Å²) >= 11 is 0. The Kier molecular flexibility index (Phi) is 3.00. The summed E-state index contributed by atoms with van der Waals surface area (Å²) in [4.78, 5) is 8.46. The van der Waals surface area contributed by atoms with Gasteiger partial charge in [0.2, 0.25) is 0 Å². The maximum absolute atomic E-state index is 6.34. The van der Waals surface area contributed by atoms with Crippen molar-refractivity contribution in [3.05, 3.63) is 35.8 Å². The molecule has 1 aliphatic carbocycles. The van der Waals surface area contributed by atoms with Crippen LogP contribution < -0.4 is 5.73 Å². The molecule has 4 rings (SSSR count). The number of hydrogen-bond acceptors (Lipinski definition) is 5. The summed E-state index contributed by atoms with van der Waals surface area (Å²) in [5, 5.41) is 4.53. The highest BCUT2D eigenvalue weighted by Gasteiger charge is 2.39. The molecule has 0 bridgehead atoms. The van der Waals surface area contributed by atoms with Gasteiger partial charge >= 0.3 is 0 Å². The average molecular weight is 297 g/mol. The van der Waals surface area contributed by atoms with Gasteiger partial charge in [-0.1, -0.05) is 6.08 Å². The zero-order chi connectivity index (χ0) is 15.2. The molecule has 0 unspecified atom stereocenters. The first-order valence-electron chi connectivity index (χ1n) is 7.58. The number of hydrogen-bond donors (Lipinski definition) is 1. The van der Waals surface area contributed by atoms with Gasteiger partial charge in [0.25, 0.3) is 5.95 Å². The summed E-state index contributed by atoms with van der Waals surface area (Å²) in [6, 6.07) is 1.78. The minimum Gasteiger partial charge on any atom is -0.383 e. The molecule has 1 spiro atoms. The molecule has 1 aliphatic heterocycles. The summed E-state index contributed by atoms with van der Waals surface area (Å²) in [6.45, 7) is 3.77. The predicted octanol–water partition coefficient (Wildman–Crippen LogP) is 2.14. The van der Waals surface area contributed by atoms with Crippen LogP contribution in [0.2, 0.25) is 0 Å². The minimum absolute atomic E-state index is 0.380. The van der Waals surface area contributed by atoms with E-state index in [2.05, 4.69) is 21.1 Å². The predicted molar refractivity (Wildman–Crippen MR) is 83.4 cm³/mol. The number of anilines is 1. The molecule has 6 nitrogen and oxygen atoms in total. The van der Waals surface area contributed by atoms with Crippen LogP contribution in [0.5, 0.6) is 0 Å². The Hall–Kier alpha value is -2.21. The van der Waals surface area contributed by atoms with Crippen molar-refractivity contribution in [2.75, 3.05) is 18.9 Å². The monoisotopic (exact) mass is 297 g/mol. The number of rotatable bonds is 2. The fraction of sp³-hybridized carbons (Fsp3) is 0.438. The van der Waals surface area contributed by atoms with Gasteiger partial charge in [0.15, 0.2) is 0 Å². The number of ether oxygens (including phenoxy) is 1. The first-order chi connectivity index (χ1) is 10.7. The van der Waals surface area contributed by atoms with Crippen molar-refractivity contribution in [3.8, 4) is 5.95 Å². The lowest BCUT2D eigenvalue weighted by atomic mass is 9.72. The maximum Gasteiger partial charge on any atom is 0.252 e. The lowest BCUT2D eigenvalue weighted by molar-refractivity contribution is -0.116. The minimum atomic E-state index is 0.380. The molecule has 2 aromatic heterocycles. The largest absolute Gasteiger partial charge is 0.383 e. The van der Waals surface area contributed by atoms with E-state index in [1.54, 1.807) is 23.1 Å². The highest BCUT2D eigenvalue weighted by atomic mass is 16.5. The second kappa shape index (κ2) is 4.91. The van der Waals surface area contributed by atoms with E-state index in [1.165, 1.54) is 5.57 Å². The van der Waals surface area contributed by atoms with Gasteiger partial charge in [0.05, 0.1) is 18.9 Å². The number of aryl methyl sites for hydroxylation is 1. The van der Waals surface area contributed by atoms with Crippen LogP contribution in [-0.4, -0.2) is 33.0 Å². The summed E-state index contributed by atoms with van der Waals surface area (Å²) < 4.78 is 7.01. The molecule has 1 saturated heterocycles. The van der Waals surface area contributed by atoms with Crippen molar-refractivity contribution < 1.29 is 4.74 Å². The van der Waals surface area contributed by atoms with Crippen LogP contribution in [0.4, 0.5) is 5.82 Å². The van der Waals surface area contributed by atoms with Crippen LogP contribution in [0.15, 0.2) is 24.5 Å². The molecular weight excluding hydrogens is 278 g/mol. The number of aromatic nitrogens is 4. The lowest BCUT2D eigenvalue weighted by Gasteiger charge is -2.43. The van der Waals surface area contributed by atoms with Crippen molar-refractivity contribution in [2.45, 2.75) is 26.2 Å². The van der Waals surface area contributed by atoms with Gasteiger partial charge in [0, 0.05) is 23.4 Å². The molecule has 6 heteroatoms. The van der Waals surface area contributed by atoms with E-state index in [-0.39, 0.29) is 0 Å². The molecule has 0 amide bonds. The van der Waals surface area contributed by atoms with Crippen molar-refractivity contribution in [1.29, 1.82) is 0 Å². The van der Waals surface area contributed by atoms with Gasteiger partial charge in [-0.05, 0) is 37.8 Å². The standard InChI is InChI=1S/C16H19N5O/c1-11-13(12-3-5-16(6-4-12)9-22-10-16)14(17)21(20-11)15-18-7-2-8-19-15/h2-3,7-8H,4-6,9-10,17H2,1H3. The van der Waals surface area contributed by atoms with E-state index in [0.29, 0.717) is 17.2 Å². The topological polar surface area (TPSA) is 78.9 Å². The normalized spacial score (nSPS) is 19.8. The molecule has 2 aliphatic rings. The van der Waals surface area contributed by atoms with Crippen molar-refractivity contribution >= 4 is 11.4 Å². The molecule has 114 valence electrons. The van der Waals surface area contributed by atoms with E-state index in [4.69, 9.17) is 10.5 Å². The van der Waals surface area contributed by atoms with Gasteiger partial charge < -0.3 is 10.5 Å². The van der Waals surface area contributed by atoms with E-state index in [1.807, 2.05) is 6.92 Å². The number of nitrogen functional groups attached to an aromatic ring is 1. The SMILES string of the molecule is Cc1nn(-c2ncccn2)c(N)c1C1=CCC2(CC1)COC2. The number of nitrogens with two attached hydrogens (primary N) is 1. The van der Waals surface area contributed by atoms with Crippen LogP contribution >= 0.6 is 0 Å². The van der Waals surface area contributed by atoms with Gasteiger partial charge in [-0.25, -0.2) is 9.97 Å². The smallest absolute Gasteiger partial charge is 0.252 e. The molecule has 0 atom stereocenters. The zero-order valence-electron chi connectivity index (χ0n) is 12.6. The number of nitrogens with zero attached hydrogens (tertiary/aromatic N) is 4. The molecule has 3 heterocycles. The fourth-order valence-corrected chi connectivity index (χ4v) is 3.32. The van der Waals surface area contributed by atoms with E-state index in [0.717, 1.165) is 43.7 Å². The third-order valence-corrected chi connectivity index (χ3v) is 4.68. The average Bonchev–Trinajstić information content (AvgIpc) is 2.82. The van der Waals surface area contributed by atoms with Crippen molar-refractivity contribution in [3.63, 3.8) is 0 Å². The maximum atomic E-state index is 6.34.